The van der Waals surface area contributed by atoms with Gasteiger partial charge < -0.3 is 39.6 Å². The van der Waals surface area contributed by atoms with Crippen molar-refractivity contribution in [3.05, 3.63) is 77.9 Å². The standard InChI is InChI=1S/C37H48N4O7/c1-25-20-41(26(2)23-42)36(43)31-18-29(38-37(44)39-30-14-16-33-34(19-30)47-24-46-33)13-15-32(31)48-27(3)10-8-9-17-45-35(25)22-40(4)21-28-11-6-5-7-12-28/h5-7,11-16,18-19,25-27,35,42H,8-10,17,20-24H2,1-4H3,(H2,38,39,44)/t25-,26+,27-,35+/m0/s1. The number of fused-ring (bicyclic) bond motifs is 2. The Kier molecular flexibility index (Phi) is 12.2. The quantitative estimate of drug-likeness (QED) is 0.270. The number of aliphatic hydroxyl groups excluding tert-OH is 1. The van der Waals surface area contributed by atoms with Gasteiger partial charge in [0.1, 0.15) is 5.75 Å². The number of hydrogen-bond acceptors (Lipinski definition) is 8. The van der Waals surface area contributed by atoms with Crippen molar-refractivity contribution in [2.24, 2.45) is 5.92 Å². The Bertz CT molecular complexity index is 1520. The molecule has 48 heavy (non-hydrogen) atoms. The molecule has 2 heterocycles. The molecule has 0 saturated carbocycles. The van der Waals surface area contributed by atoms with Gasteiger partial charge in [-0.2, -0.15) is 0 Å². The van der Waals surface area contributed by atoms with Gasteiger partial charge in [0.05, 0.1) is 30.4 Å². The molecule has 258 valence electrons. The van der Waals surface area contributed by atoms with Crippen LogP contribution in [0.15, 0.2) is 66.7 Å². The summed E-state index contributed by atoms with van der Waals surface area (Å²) in [6.07, 6.45) is 2.31. The number of hydrogen-bond donors (Lipinski definition) is 3. The first-order valence-corrected chi connectivity index (χ1v) is 16.7. The molecule has 3 aromatic carbocycles. The van der Waals surface area contributed by atoms with E-state index in [0.29, 0.717) is 53.9 Å². The molecule has 11 nitrogen and oxygen atoms in total. The summed E-state index contributed by atoms with van der Waals surface area (Å²) in [5, 5.41) is 15.9. The molecule has 0 radical (unpaired) electrons. The number of anilines is 2. The summed E-state index contributed by atoms with van der Waals surface area (Å²) >= 11 is 0. The number of nitrogens with zero attached hydrogens (tertiary/aromatic N) is 2. The van der Waals surface area contributed by atoms with Crippen LogP contribution in [0.25, 0.3) is 0 Å². The molecule has 3 amide bonds. The lowest BCUT2D eigenvalue weighted by Crippen LogP contribution is -2.47. The van der Waals surface area contributed by atoms with Gasteiger partial charge in [-0.05, 0) is 76.1 Å². The molecule has 4 atom stereocenters. The molecule has 3 aromatic rings. The van der Waals surface area contributed by atoms with Gasteiger partial charge in [-0.15, -0.1) is 0 Å². The summed E-state index contributed by atoms with van der Waals surface area (Å²) in [4.78, 5) is 31.3. The van der Waals surface area contributed by atoms with Crippen molar-refractivity contribution in [2.75, 3.05) is 50.8 Å². The van der Waals surface area contributed by atoms with Gasteiger partial charge in [0.2, 0.25) is 6.79 Å². The maximum Gasteiger partial charge on any atom is 0.323 e. The van der Waals surface area contributed by atoms with Crippen molar-refractivity contribution in [3.63, 3.8) is 0 Å². The van der Waals surface area contributed by atoms with E-state index in [1.165, 1.54) is 5.56 Å². The average Bonchev–Trinajstić information content (AvgIpc) is 3.54. The van der Waals surface area contributed by atoms with Gasteiger partial charge >= 0.3 is 6.03 Å². The monoisotopic (exact) mass is 660 g/mol. The lowest BCUT2D eigenvalue weighted by Gasteiger charge is -2.36. The Hall–Kier alpha value is -4.32. The summed E-state index contributed by atoms with van der Waals surface area (Å²) in [5.74, 6) is 1.27. The zero-order valence-electron chi connectivity index (χ0n) is 28.3. The molecule has 11 heteroatoms. The number of rotatable bonds is 8. The van der Waals surface area contributed by atoms with Gasteiger partial charge in [0, 0.05) is 49.6 Å². The molecule has 0 unspecified atom stereocenters. The molecular weight excluding hydrogens is 612 g/mol. The first-order valence-electron chi connectivity index (χ1n) is 16.7. The number of likely N-dealkylation sites (N-methyl/N-ethyl adjacent to an activating group) is 1. The second kappa shape index (κ2) is 16.7. The lowest BCUT2D eigenvalue weighted by molar-refractivity contribution is -0.0177. The van der Waals surface area contributed by atoms with Crippen LogP contribution in [0, 0.1) is 5.92 Å². The zero-order chi connectivity index (χ0) is 34.0. The maximum absolute atomic E-state index is 14.4. The minimum Gasteiger partial charge on any atom is -0.490 e. The SMILES string of the molecule is C[C@H](CO)N1C[C@H](C)[C@@H](CN(C)Cc2ccccc2)OCCCC[C@H](C)Oc2ccc(NC(=O)Nc3ccc4c(c3)OCO4)cc2C1=O. The van der Waals surface area contributed by atoms with Crippen molar-refractivity contribution in [3.8, 4) is 17.2 Å². The van der Waals surface area contributed by atoms with Crippen LogP contribution in [0.4, 0.5) is 16.2 Å². The van der Waals surface area contributed by atoms with Crippen LogP contribution in [0.3, 0.4) is 0 Å². The van der Waals surface area contributed by atoms with Crippen LogP contribution < -0.4 is 24.8 Å². The predicted octanol–water partition coefficient (Wildman–Crippen LogP) is 5.99. The number of benzene rings is 3. The number of nitrogens with one attached hydrogen (secondary N) is 2. The lowest BCUT2D eigenvalue weighted by atomic mass is 10.0. The van der Waals surface area contributed by atoms with Crippen LogP contribution in [0.2, 0.25) is 0 Å². The summed E-state index contributed by atoms with van der Waals surface area (Å²) in [7, 11) is 2.08. The molecular formula is C37H48N4O7. The fourth-order valence-electron chi connectivity index (χ4n) is 6.00. The van der Waals surface area contributed by atoms with E-state index in [4.69, 9.17) is 18.9 Å². The summed E-state index contributed by atoms with van der Waals surface area (Å²) < 4.78 is 23.6. The highest BCUT2D eigenvalue weighted by Gasteiger charge is 2.30. The molecule has 3 N–H and O–H groups in total. The number of aliphatic hydroxyl groups is 1. The summed E-state index contributed by atoms with van der Waals surface area (Å²) in [5.41, 5.74) is 2.49. The van der Waals surface area contributed by atoms with Crippen molar-refractivity contribution in [1.82, 2.24) is 9.80 Å². The fourth-order valence-corrected chi connectivity index (χ4v) is 6.00. The van der Waals surface area contributed by atoms with Crippen LogP contribution >= 0.6 is 0 Å². The third kappa shape index (κ3) is 9.40. The number of urea groups is 1. The molecule has 0 spiro atoms. The van der Waals surface area contributed by atoms with Gasteiger partial charge in [0.15, 0.2) is 11.5 Å². The zero-order valence-corrected chi connectivity index (χ0v) is 28.3. The van der Waals surface area contributed by atoms with E-state index < -0.39 is 12.1 Å². The van der Waals surface area contributed by atoms with E-state index >= 15 is 0 Å². The smallest absolute Gasteiger partial charge is 0.323 e. The van der Waals surface area contributed by atoms with Crippen molar-refractivity contribution >= 4 is 23.3 Å². The third-order valence-electron chi connectivity index (χ3n) is 8.73. The van der Waals surface area contributed by atoms with Gasteiger partial charge in [-0.25, -0.2) is 4.79 Å². The van der Waals surface area contributed by atoms with Gasteiger partial charge in [-0.3, -0.25) is 9.69 Å². The van der Waals surface area contributed by atoms with E-state index in [-0.39, 0.29) is 37.4 Å². The molecule has 0 aliphatic carbocycles. The number of carbonyl (C=O) groups is 2. The highest BCUT2D eigenvalue weighted by Crippen LogP contribution is 2.34. The van der Waals surface area contributed by atoms with E-state index in [0.717, 1.165) is 25.8 Å². The highest BCUT2D eigenvalue weighted by molar-refractivity contribution is 6.02. The molecule has 0 fully saturated rings. The van der Waals surface area contributed by atoms with E-state index in [9.17, 15) is 14.7 Å². The van der Waals surface area contributed by atoms with E-state index in [1.54, 1.807) is 41.3 Å². The van der Waals surface area contributed by atoms with Crippen LogP contribution in [-0.4, -0.2) is 85.2 Å². The Morgan fingerprint density at radius 2 is 1.69 bits per heavy atom. The second-order valence-corrected chi connectivity index (χ2v) is 12.8. The van der Waals surface area contributed by atoms with Crippen molar-refractivity contribution < 1.29 is 33.6 Å². The Morgan fingerprint density at radius 3 is 2.44 bits per heavy atom. The summed E-state index contributed by atoms with van der Waals surface area (Å²) in [6.45, 7) is 8.29. The fraction of sp³-hybridized carbons (Fsp3) is 0.459. The molecule has 0 aromatic heterocycles. The van der Waals surface area contributed by atoms with Crippen molar-refractivity contribution in [2.45, 2.75) is 64.8 Å². The van der Waals surface area contributed by atoms with Crippen molar-refractivity contribution in [1.29, 1.82) is 0 Å². The number of carbonyl (C=O) groups excluding carboxylic acids is 2. The normalized spacial score (nSPS) is 20.8. The third-order valence-corrected chi connectivity index (χ3v) is 8.73. The summed E-state index contributed by atoms with van der Waals surface area (Å²) in [6, 6.07) is 19.6. The topological polar surface area (TPSA) is 122 Å². The van der Waals surface area contributed by atoms with E-state index in [1.807, 2.05) is 32.0 Å². The predicted molar refractivity (Wildman–Crippen MR) is 185 cm³/mol. The van der Waals surface area contributed by atoms with Crippen LogP contribution in [-0.2, 0) is 11.3 Å². The second-order valence-electron chi connectivity index (χ2n) is 12.8. The molecule has 2 aliphatic rings. The first-order chi connectivity index (χ1) is 23.2. The van der Waals surface area contributed by atoms with Gasteiger partial charge in [-0.1, -0.05) is 37.3 Å². The molecule has 0 bridgehead atoms. The minimum atomic E-state index is -0.481. The van der Waals surface area contributed by atoms with Crippen LogP contribution in [0.5, 0.6) is 17.2 Å². The first kappa shape index (κ1) is 35.0. The largest absolute Gasteiger partial charge is 0.490 e. The maximum atomic E-state index is 14.4. The molecule has 5 rings (SSSR count). The average molecular weight is 661 g/mol. The highest BCUT2D eigenvalue weighted by atomic mass is 16.7. The number of ether oxygens (including phenoxy) is 4. The Morgan fingerprint density at radius 1 is 0.979 bits per heavy atom. The Labute approximate surface area is 283 Å². The Balaban J connectivity index is 1.36. The molecule has 0 saturated heterocycles. The van der Waals surface area contributed by atoms with Gasteiger partial charge in [0.25, 0.3) is 5.91 Å². The molecule has 2 aliphatic heterocycles. The van der Waals surface area contributed by atoms with E-state index in [2.05, 4.69) is 41.6 Å². The number of amides is 3. The minimum absolute atomic E-state index is 0.0406. The van der Waals surface area contributed by atoms with Crippen LogP contribution in [0.1, 0.15) is 56.0 Å².